The maximum atomic E-state index is 15.1. The second-order valence-corrected chi connectivity index (χ2v) is 10.8. The van der Waals surface area contributed by atoms with Crippen molar-refractivity contribution in [2.75, 3.05) is 0 Å². The average molecular weight is 461 g/mol. The summed E-state index contributed by atoms with van der Waals surface area (Å²) in [5.41, 5.74) is 8.44. The van der Waals surface area contributed by atoms with E-state index in [1.165, 1.54) is 25.3 Å². The van der Waals surface area contributed by atoms with Crippen molar-refractivity contribution >= 4 is 23.4 Å². The molecule has 4 heterocycles. The number of aromatic nitrogens is 2. The van der Waals surface area contributed by atoms with Gasteiger partial charge >= 0.3 is 0 Å². The molecular formula is C22H26ClFN6S. The van der Waals surface area contributed by atoms with Crippen LogP contribution in [0.5, 0.6) is 0 Å². The third-order valence-corrected chi connectivity index (χ3v) is 9.51. The van der Waals surface area contributed by atoms with Gasteiger partial charge in [-0.2, -0.15) is 10.2 Å². The zero-order chi connectivity index (χ0) is 21.1. The van der Waals surface area contributed by atoms with Crippen LogP contribution in [-0.2, 0) is 0 Å². The molecule has 0 radical (unpaired) electrons. The van der Waals surface area contributed by atoms with Crippen LogP contribution in [-0.4, -0.2) is 37.9 Å². The van der Waals surface area contributed by atoms with Crippen LogP contribution in [0.3, 0.4) is 0 Å². The summed E-state index contributed by atoms with van der Waals surface area (Å²) in [4.78, 5) is 2.50. The zero-order valence-electron chi connectivity index (χ0n) is 17.2. The fourth-order valence-corrected chi connectivity index (χ4v) is 8.54. The molecule has 6 nitrogen and oxygen atoms in total. The monoisotopic (exact) mass is 460 g/mol. The van der Waals surface area contributed by atoms with Gasteiger partial charge in [0.05, 0.1) is 17.2 Å². The summed E-state index contributed by atoms with van der Waals surface area (Å²) >= 11 is 8.65. The quantitative estimate of drug-likeness (QED) is 0.632. The molecule has 1 aromatic carbocycles. The van der Waals surface area contributed by atoms with E-state index in [1.807, 2.05) is 18.2 Å². The van der Waals surface area contributed by atoms with Crippen LogP contribution < -0.4 is 16.2 Å². The van der Waals surface area contributed by atoms with Crippen molar-refractivity contribution in [3.63, 3.8) is 0 Å². The van der Waals surface area contributed by atoms with Crippen molar-refractivity contribution < 1.29 is 4.39 Å². The van der Waals surface area contributed by atoms with Gasteiger partial charge in [-0.1, -0.05) is 24.1 Å². The number of nitrogens with zero attached hydrogens (tertiary/aromatic N) is 3. The maximum absolute atomic E-state index is 15.1. The highest BCUT2D eigenvalue weighted by molar-refractivity contribution is 8.00. The minimum Gasteiger partial charge on any atom is -0.304 e. The molecule has 31 heavy (non-hydrogen) atoms. The van der Waals surface area contributed by atoms with Crippen LogP contribution in [0.15, 0.2) is 36.5 Å². The van der Waals surface area contributed by atoms with E-state index >= 15 is 4.39 Å². The third kappa shape index (κ3) is 3.22. The third-order valence-electron chi connectivity index (χ3n) is 7.41. The molecule has 4 fully saturated rings. The molecule has 0 amide bonds. The molecule has 2 aromatic rings. The number of benzene rings is 1. The van der Waals surface area contributed by atoms with Crippen molar-refractivity contribution in [2.45, 2.75) is 61.2 Å². The Morgan fingerprint density at radius 3 is 2.90 bits per heavy atom. The highest BCUT2D eigenvalue weighted by atomic mass is 35.5. The molecule has 164 valence electrons. The first-order valence-corrected chi connectivity index (χ1v) is 12.4. The fraction of sp³-hybridized carbons (Fsp3) is 0.545. The van der Waals surface area contributed by atoms with Gasteiger partial charge in [0, 0.05) is 40.0 Å². The lowest BCUT2D eigenvalue weighted by Gasteiger charge is -2.36. The largest absolute Gasteiger partial charge is 0.304 e. The van der Waals surface area contributed by atoms with E-state index in [0.717, 1.165) is 5.69 Å². The summed E-state index contributed by atoms with van der Waals surface area (Å²) in [6.07, 6.45) is 5.31. The fourth-order valence-electron chi connectivity index (χ4n) is 6.14. The molecule has 7 unspecified atom stereocenters. The van der Waals surface area contributed by atoms with Crippen LogP contribution in [0, 0.1) is 17.7 Å². The van der Waals surface area contributed by atoms with Crippen molar-refractivity contribution in [1.29, 1.82) is 0 Å². The maximum Gasteiger partial charge on any atom is 0.129 e. The predicted molar refractivity (Wildman–Crippen MR) is 119 cm³/mol. The molecule has 0 bridgehead atoms. The molecule has 1 saturated carbocycles. The van der Waals surface area contributed by atoms with E-state index in [4.69, 9.17) is 11.6 Å². The van der Waals surface area contributed by atoms with Crippen LogP contribution in [0.25, 0.3) is 0 Å². The molecule has 8 atom stereocenters. The Bertz CT molecular complexity index is 946. The lowest BCUT2D eigenvalue weighted by atomic mass is 9.81. The normalized spacial score (nSPS) is 39.7. The molecule has 0 spiro atoms. The summed E-state index contributed by atoms with van der Waals surface area (Å²) in [7, 11) is 0. The highest BCUT2D eigenvalue weighted by Gasteiger charge is 2.58. The number of hydrazine groups is 1. The van der Waals surface area contributed by atoms with Gasteiger partial charge in [0.25, 0.3) is 0 Å². The van der Waals surface area contributed by atoms with E-state index in [-0.39, 0.29) is 41.5 Å². The first-order chi connectivity index (χ1) is 15.1. The van der Waals surface area contributed by atoms with Crippen molar-refractivity contribution in [1.82, 2.24) is 31.3 Å². The molecule has 9 heteroatoms. The summed E-state index contributed by atoms with van der Waals surface area (Å²) in [5, 5.41) is 13.6. The van der Waals surface area contributed by atoms with E-state index < -0.39 is 0 Å². The second-order valence-electron chi connectivity index (χ2n) is 9.04. The molecule has 6 rings (SSSR count). The van der Waals surface area contributed by atoms with Crippen LogP contribution >= 0.6 is 23.4 Å². The molecule has 3 aliphatic heterocycles. The van der Waals surface area contributed by atoms with Crippen LogP contribution in [0.1, 0.15) is 49.7 Å². The van der Waals surface area contributed by atoms with Gasteiger partial charge in [-0.05, 0) is 49.9 Å². The SMILES string of the molecule is C[C@@H]1NC(c2c(F)cccc2Cl)C2C3CCCC3SC2N2C(c3cccnn3)NNC12. The van der Waals surface area contributed by atoms with E-state index in [0.29, 0.717) is 21.8 Å². The number of rotatable bonds is 2. The number of nitrogens with one attached hydrogen (secondary N) is 3. The lowest BCUT2D eigenvalue weighted by molar-refractivity contribution is 0.121. The van der Waals surface area contributed by atoms with E-state index in [2.05, 4.69) is 50.0 Å². The van der Waals surface area contributed by atoms with Crippen molar-refractivity contribution in [3.05, 3.63) is 58.6 Å². The van der Waals surface area contributed by atoms with E-state index in [9.17, 15) is 0 Å². The minimum absolute atomic E-state index is 0.0429. The smallest absolute Gasteiger partial charge is 0.129 e. The van der Waals surface area contributed by atoms with Crippen molar-refractivity contribution in [3.8, 4) is 0 Å². The Kier molecular flexibility index (Phi) is 5.20. The topological polar surface area (TPSA) is 65.1 Å². The average Bonchev–Trinajstić information content (AvgIpc) is 3.45. The number of hydrogen-bond donors (Lipinski definition) is 3. The van der Waals surface area contributed by atoms with Crippen molar-refractivity contribution in [2.24, 2.45) is 11.8 Å². The summed E-state index contributed by atoms with van der Waals surface area (Å²) in [6, 6.07) is 8.90. The molecule has 4 aliphatic rings. The van der Waals surface area contributed by atoms with Gasteiger partial charge in [-0.3, -0.25) is 4.90 Å². The number of fused-ring (bicyclic) bond motifs is 5. The molecule has 1 aliphatic carbocycles. The predicted octanol–water partition coefficient (Wildman–Crippen LogP) is 3.59. The molecular weight excluding hydrogens is 435 g/mol. The molecule has 3 N–H and O–H groups in total. The standard InChI is InChI=1S/C22H26ClFN6S/c1-11-20-28-29-21(15-8-4-10-25-27-15)30(20)22-17(12-5-2-9-16(12)31-22)19(26-11)18-13(23)6-3-7-14(18)24/h3-4,6-8,10-12,16-17,19-22,26,28-29H,2,5,9H2,1H3/t11-,12?,16?,17?,19?,20?,21?,22?/m0/s1. The Morgan fingerprint density at radius 2 is 2.10 bits per heavy atom. The highest BCUT2D eigenvalue weighted by Crippen LogP contribution is 2.59. The Morgan fingerprint density at radius 1 is 1.19 bits per heavy atom. The Balaban J connectivity index is 1.46. The lowest BCUT2D eigenvalue weighted by Crippen LogP contribution is -2.50. The molecule has 3 saturated heterocycles. The number of halogens is 2. The van der Waals surface area contributed by atoms with Gasteiger partial charge in [-0.25, -0.2) is 15.2 Å². The van der Waals surface area contributed by atoms with Gasteiger partial charge in [0.2, 0.25) is 0 Å². The van der Waals surface area contributed by atoms with Crippen LogP contribution in [0.2, 0.25) is 5.02 Å². The van der Waals surface area contributed by atoms with Gasteiger partial charge in [0.1, 0.15) is 12.0 Å². The van der Waals surface area contributed by atoms with E-state index in [1.54, 1.807) is 12.3 Å². The molecule has 1 aromatic heterocycles. The Hall–Kier alpha value is -1.29. The number of hydrogen-bond acceptors (Lipinski definition) is 7. The summed E-state index contributed by atoms with van der Waals surface area (Å²) in [5.74, 6) is 0.568. The first kappa shape index (κ1) is 20.3. The van der Waals surface area contributed by atoms with Gasteiger partial charge in [0.15, 0.2) is 0 Å². The zero-order valence-corrected chi connectivity index (χ0v) is 18.8. The minimum atomic E-state index is -0.221. The van der Waals surface area contributed by atoms with Gasteiger partial charge < -0.3 is 5.32 Å². The summed E-state index contributed by atoms with van der Waals surface area (Å²) < 4.78 is 15.1. The summed E-state index contributed by atoms with van der Waals surface area (Å²) in [6.45, 7) is 2.16. The number of thioether (sulfide) groups is 1. The second kappa shape index (κ2) is 7.93. The Labute approximate surface area is 190 Å². The van der Waals surface area contributed by atoms with Crippen LogP contribution in [0.4, 0.5) is 4.39 Å². The van der Waals surface area contributed by atoms with Gasteiger partial charge in [-0.15, -0.1) is 11.8 Å². The first-order valence-electron chi connectivity index (χ1n) is 11.0.